The zero-order chi connectivity index (χ0) is 17.8. The summed E-state index contributed by atoms with van der Waals surface area (Å²) in [6, 6.07) is 13.2. The van der Waals surface area contributed by atoms with Crippen LogP contribution >= 0.6 is 11.3 Å². The summed E-state index contributed by atoms with van der Waals surface area (Å²) in [6.45, 7) is 1.60. The lowest BCUT2D eigenvalue weighted by Gasteiger charge is -2.21. The Bertz CT molecular complexity index is 826. The highest BCUT2D eigenvalue weighted by Crippen LogP contribution is 2.32. The molecular formula is C19H18N2O4S. The van der Waals surface area contributed by atoms with Crippen molar-refractivity contribution in [3.05, 3.63) is 70.3 Å². The van der Waals surface area contributed by atoms with E-state index in [0.29, 0.717) is 25.4 Å². The highest BCUT2D eigenvalue weighted by atomic mass is 32.1. The van der Waals surface area contributed by atoms with Crippen LogP contribution in [0.5, 0.6) is 11.5 Å². The molecule has 134 valence electrons. The fourth-order valence-electron chi connectivity index (χ4n) is 2.72. The summed E-state index contributed by atoms with van der Waals surface area (Å²) in [7, 11) is 0. The number of nitrogens with zero attached hydrogens (tertiary/aromatic N) is 1. The molecule has 0 fully saturated rings. The lowest BCUT2D eigenvalue weighted by atomic mass is 10.2. The maximum atomic E-state index is 12.7. The maximum Gasteiger partial charge on any atom is 0.318 e. The molecule has 0 saturated carbocycles. The molecule has 1 aromatic carbocycles. The first kappa shape index (κ1) is 16.5. The van der Waals surface area contributed by atoms with Crippen molar-refractivity contribution in [1.29, 1.82) is 0 Å². The van der Waals surface area contributed by atoms with E-state index in [1.54, 1.807) is 22.5 Å². The number of rotatable bonds is 6. The molecule has 2 aromatic heterocycles. The molecule has 2 amide bonds. The van der Waals surface area contributed by atoms with Crippen molar-refractivity contribution in [2.75, 3.05) is 6.79 Å². The van der Waals surface area contributed by atoms with E-state index in [1.165, 1.54) is 0 Å². The standard InChI is InChI=1S/C19H18N2O4S/c22-19(20-10-14-5-6-17-18(9-14)25-13-24-17)21(11-15-3-1-7-23-15)12-16-4-2-8-26-16/h1-9H,10-13H2,(H,20,22). The molecule has 26 heavy (non-hydrogen) atoms. The van der Waals surface area contributed by atoms with Gasteiger partial charge in [-0.15, -0.1) is 11.3 Å². The van der Waals surface area contributed by atoms with Gasteiger partial charge in [0.2, 0.25) is 6.79 Å². The molecule has 0 unspecified atom stereocenters. The second-order valence-corrected chi connectivity index (χ2v) is 6.89. The number of carbonyl (C=O) groups excluding carboxylic acids is 1. The van der Waals surface area contributed by atoms with Crippen LogP contribution in [0.1, 0.15) is 16.2 Å². The number of carbonyl (C=O) groups is 1. The molecular weight excluding hydrogens is 352 g/mol. The van der Waals surface area contributed by atoms with Gasteiger partial charge in [0.15, 0.2) is 11.5 Å². The molecule has 1 N–H and O–H groups in total. The second-order valence-electron chi connectivity index (χ2n) is 5.86. The van der Waals surface area contributed by atoms with Crippen LogP contribution in [0.4, 0.5) is 4.79 Å². The quantitative estimate of drug-likeness (QED) is 0.713. The Kier molecular flexibility index (Phi) is 4.79. The minimum atomic E-state index is -0.146. The number of fused-ring (bicyclic) bond motifs is 1. The van der Waals surface area contributed by atoms with Gasteiger partial charge < -0.3 is 24.1 Å². The number of urea groups is 1. The number of hydrogen-bond acceptors (Lipinski definition) is 5. The molecule has 0 atom stereocenters. The van der Waals surface area contributed by atoms with Crippen LogP contribution in [0, 0.1) is 0 Å². The largest absolute Gasteiger partial charge is 0.467 e. The summed E-state index contributed by atoms with van der Waals surface area (Å²) in [6.07, 6.45) is 1.61. The second kappa shape index (κ2) is 7.53. The lowest BCUT2D eigenvalue weighted by Crippen LogP contribution is -2.38. The minimum absolute atomic E-state index is 0.146. The van der Waals surface area contributed by atoms with Crippen molar-refractivity contribution in [1.82, 2.24) is 10.2 Å². The molecule has 4 rings (SSSR count). The highest BCUT2D eigenvalue weighted by Gasteiger charge is 2.17. The van der Waals surface area contributed by atoms with Crippen molar-refractivity contribution < 1.29 is 18.7 Å². The van der Waals surface area contributed by atoms with E-state index in [4.69, 9.17) is 13.9 Å². The first-order valence-electron chi connectivity index (χ1n) is 8.24. The summed E-state index contributed by atoms with van der Waals surface area (Å²) in [5.41, 5.74) is 0.955. The Balaban J connectivity index is 1.41. The topological polar surface area (TPSA) is 63.9 Å². The van der Waals surface area contributed by atoms with Gasteiger partial charge in [-0.2, -0.15) is 0 Å². The number of nitrogens with one attached hydrogen (secondary N) is 1. The molecule has 6 nitrogen and oxygen atoms in total. The average Bonchev–Trinajstić information content (AvgIpc) is 3.40. The van der Waals surface area contributed by atoms with Gasteiger partial charge in [0.25, 0.3) is 0 Å². The van der Waals surface area contributed by atoms with Crippen LogP contribution in [0.15, 0.2) is 58.5 Å². The van der Waals surface area contributed by atoms with E-state index in [1.807, 2.05) is 47.8 Å². The van der Waals surface area contributed by atoms with Crippen molar-refractivity contribution in [2.45, 2.75) is 19.6 Å². The van der Waals surface area contributed by atoms with Crippen LogP contribution in [-0.2, 0) is 19.6 Å². The Morgan fingerprint density at radius 2 is 2.04 bits per heavy atom. The number of hydrogen-bond donors (Lipinski definition) is 1. The summed E-state index contributed by atoms with van der Waals surface area (Å²) < 4.78 is 16.1. The Hall–Kier alpha value is -2.93. The van der Waals surface area contributed by atoms with Gasteiger partial charge in [0.05, 0.1) is 19.4 Å². The Morgan fingerprint density at radius 1 is 1.12 bits per heavy atom. The first-order chi connectivity index (χ1) is 12.8. The number of benzene rings is 1. The van der Waals surface area contributed by atoms with Crippen LogP contribution in [0.3, 0.4) is 0 Å². The predicted molar refractivity (Wildman–Crippen MR) is 97.1 cm³/mol. The van der Waals surface area contributed by atoms with Gasteiger partial charge in [-0.1, -0.05) is 12.1 Å². The van der Waals surface area contributed by atoms with E-state index < -0.39 is 0 Å². The highest BCUT2D eigenvalue weighted by molar-refractivity contribution is 7.09. The Morgan fingerprint density at radius 3 is 2.85 bits per heavy atom. The molecule has 0 radical (unpaired) electrons. The number of amides is 2. The van der Waals surface area contributed by atoms with Gasteiger partial charge in [0.1, 0.15) is 5.76 Å². The van der Waals surface area contributed by atoms with Gasteiger partial charge in [0, 0.05) is 11.4 Å². The van der Waals surface area contributed by atoms with Gasteiger partial charge in [-0.3, -0.25) is 0 Å². The van der Waals surface area contributed by atoms with Crippen LogP contribution in [-0.4, -0.2) is 17.7 Å². The SMILES string of the molecule is O=C(NCc1ccc2c(c1)OCO2)N(Cc1ccco1)Cc1cccs1. The fraction of sp³-hybridized carbons (Fsp3) is 0.211. The van der Waals surface area contributed by atoms with Crippen LogP contribution < -0.4 is 14.8 Å². The minimum Gasteiger partial charge on any atom is -0.467 e. The van der Waals surface area contributed by atoms with Crippen molar-refractivity contribution in [2.24, 2.45) is 0 Å². The zero-order valence-corrected chi connectivity index (χ0v) is 14.8. The molecule has 1 aliphatic rings. The molecule has 3 heterocycles. The van der Waals surface area contributed by atoms with E-state index in [2.05, 4.69) is 5.32 Å². The van der Waals surface area contributed by atoms with Crippen molar-refractivity contribution in [3.8, 4) is 11.5 Å². The van der Waals surface area contributed by atoms with Gasteiger partial charge in [-0.05, 0) is 41.3 Å². The third-order valence-electron chi connectivity index (χ3n) is 4.02. The fourth-order valence-corrected chi connectivity index (χ4v) is 3.44. The average molecular weight is 370 g/mol. The van der Waals surface area contributed by atoms with Crippen molar-refractivity contribution in [3.63, 3.8) is 0 Å². The molecule has 1 aliphatic heterocycles. The third-order valence-corrected chi connectivity index (χ3v) is 4.88. The summed E-state index contributed by atoms with van der Waals surface area (Å²) >= 11 is 1.63. The first-order valence-corrected chi connectivity index (χ1v) is 9.12. The smallest absolute Gasteiger partial charge is 0.318 e. The number of thiophene rings is 1. The Labute approximate surface area is 154 Å². The maximum absolute atomic E-state index is 12.7. The normalized spacial score (nSPS) is 12.2. The number of ether oxygens (including phenoxy) is 2. The molecule has 7 heteroatoms. The van der Waals surface area contributed by atoms with Crippen molar-refractivity contribution >= 4 is 17.4 Å². The lowest BCUT2D eigenvalue weighted by molar-refractivity contribution is 0.174. The summed E-state index contributed by atoms with van der Waals surface area (Å²) in [5, 5.41) is 4.97. The predicted octanol–water partition coefficient (Wildman–Crippen LogP) is 3.98. The zero-order valence-electron chi connectivity index (χ0n) is 14.0. The molecule has 0 bridgehead atoms. The molecule has 3 aromatic rings. The van der Waals surface area contributed by atoms with Gasteiger partial charge in [-0.25, -0.2) is 4.79 Å². The van der Waals surface area contributed by atoms with E-state index in [9.17, 15) is 4.79 Å². The summed E-state index contributed by atoms with van der Waals surface area (Å²) in [4.78, 5) is 15.6. The molecule has 0 aliphatic carbocycles. The van der Waals surface area contributed by atoms with E-state index >= 15 is 0 Å². The van der Waals surface area contributed by atoms with Crippen LogP contribution in [0.25, 0.3) is 0 Å². The monoisotopic (exact) mass is 370 g/mol. The van der Waals surface area contributed by atoms with Crippen LogP contribution in [0.2, 0.25) is 0 Å². The molecule has 0 saturated heterocycles. The third kappa shape index (κ3) is 3.83. The van der Waals surface area contributed by atoms with Gasteiger partial charge >= 0.3 is 6.03 Å². The molecule has 0 spiro atoms. The number of furan rings is 1. The van der Waals surface area contributed by atoms with E-state index in [0.717, 1.165) is 22.0 Å². The summed E-state index contributed by atoms with van der Waals surface area (Å²) in [5.74, 6) is 2.19. The van der Waals surface area contributed by atoms with E-state index in [-0.39, 0.29) is 12.8 Å².